The largest absolute Gasteiger partial charge is 0.494 e. The van der Waals surface area contributed by atoms with Crippen molar-refractivity contribution < 1.29 is 9.53 Å². The van der Waals surface area contributed by atoms with E-state index in [2.05, 4.69) is 15.4 Å². The number of rotatable bonds is 6. The van der Waals surface area contributed by atoms with Crippen molar-refractivity contribution in [1.82, 2.24) is 14.8 Å². The zero-order valence-electron chi connectivity index (χ0n) is 16.8. The number of nitrogens with zero attached hydrogens (tertiary/aromatic N) is 3. The fourth-order valence-electron chi connectivity index (χ4n) is 2.98. The molecule has 6 nitrogen and oxygen atoms in total. The van der Waals surface area contributed by atoms with Gasteiger partial charge in [0.25, 0.3) is 5.91 Å². The van der Waals surface area contributed by atoms with E-state index in [1.807, 2.05) is 6.92 Å². The Kier molecular flexibility index (Phi) is 6.65. The fraction of sp³-hybridized carbons (Fsp3) is 0.0870. The van der Waals surface area contributed by atoms with Crippen LogP contribution < -0.4 is 10.1 Å². The minimum absolute atomic E-state index is 0.00472. The highest BCUT2D eigenvalue weighted by Gasteiger charge is 2.19. The van der Waals surface area contributed by atoms with Crippen molar-refractivity contribution in [1.29, 1.82) is 0 Å². The van der Waals surface area contributed by atoms with Gasteiger partial charge in [0.1, 0.15) is 5.75 Å². The molecule has 0 fully saturated rings. The molecule has 32 heavy (non-hydrogen) atoms. The molecule has 4 rings (SSSR count). The summed E-state index contributed by atoms with van der Waals surface area (Å²) in [5.74, 6) is 0.715. The first-order chi connectivity index (χ1) is 15.4. The molecule has 0 spiro atoms. The molecule has 0 saturated carbocycles. The second-order valence-corrected chi connectivity index (χ2v) is 7.94. The van der Waals surface area contributed by atoms with Gasteiger partial charge in [0.2, 0.25) is 5.82 Å². The number of hydrogen-bond donors (Lipinski definition) is 1. The summed E-state index contributed by atoms with van der Waals surface area (Å²) in [5, 5.41) is 8.59. The van der Waals surface area contributed by atoms with Gasteiger partial charge in [-0.1, -0.05) is 34.8 Å². The Balaban J connectivity index is 1.70. The number of anilines is 1. The van der Waals surface area contributed by atoms with Crippen LogP contribution in [0.15, 0.2) is 66.7 Å². The van der Waals surface area contributed by atoms with Gasteiger partial charge >= 0.3 is 0 Å². The first-order valence-corrected chi connectivity index (χ1v) is 10.8. The van der Waals surface area contributed by atoms with Crippen LogP contribution in [0.5, 0.6) is 5.75 Å². The van der Waals surface area contributed by atoms with Crippen LogP contribution in [0.2, 0.25) is 15.1 Å². The number of ether oxygens (including phenoxy) is 1. The van der Waals surface area contributed by atoms with Crippen LogP contribution >= 0.6 is 34.8 Å². The third-order valence-electron chi connectivity index (χ3n) is 4.48. The Morgan fingerprint density at radius 3 is 2.34 bits per heavy atom. The summed E-state index contributed by atoms with van der Waals surface area (Å²) in [6, 6.07) is 19.2. The van der Waals surface area contributed by atoms with Crippen LogP contribution in [0.4, 0.5) is 5.69 Å². The quantitative estimate of drug-likeness (QED) is 0.335. The maximum atomic E-state index is 12.9. The van der Waals surface area contributed by atoms with Crippen LogP contribution in [0.25, 0.3) is 17.1 Å². The van der Waals surface area contributed by atoms with E-state index in [0.717, 1.165) is 11.3 Å². The van der Waals surface area contributed by atoms with E-state index in [1.54, 1.807) is 71.4 Å². The average Bonchev–Trinajstić information content (AvgIpc) is 3.23. The van der Waals surface area contributed by atoms with E-state index < -0.39 is 5.91 Å². The fourth-order valence-corrected chi connectivity index (χ4v) is 3.40. The van der Waals surface area contributed by atoms with Gasteiger partial charge in [0.15, 0.2) is 5.82 Å². The summed E-state index contributed by atoms with van der Waals surface area (Å²) in [5.41, 5.74) is 1.93. The minimum Gasteiger partial charge on any atom is -0.494 e. The van der Waals surface area contributed by atoms with Crippen molar-refractivity contribution in [2.75, 3.05) is 11.9 Å². The van der Waals surface area contributed by atoms with Gasteiger partial charge in [0.05, 0.1) is 22.3 Å². The van der Waals surface area contributed by atoms with E-state index >= 15 is 0 Å². The minimum atomic E-state index is -0.455. The van der Waals surface area contributed by atoms with Crippen LogP contribution in [0.3, 0.4) is 0 Å². The Labute approximate surface area is 199 Å². The lowest BCUT2D eigenvalue weighted by Crippen LogP contribution is -2.14. The first kappa shape index (κ1) is 22.1. The molecule has 0 radical (unpaired) electrons. The SMILES string of the molecule is CCOc1ccc(NC(=O)c2nc(-c3ccc(Cl)cc3)n(-c3ccc(Cl)c(Cl)c3)n2)cc1. The summed E-state index contributed by atoms with van der Waals surface area (Å²) in [6.45, 7) is 2.47. The van der Waals surface area contributed by atoms with Crippen LogP contribution in [0, 0.1) is 0 Å². The highest BCUT2D eigenvalue weighted by molar-refractivity contribution is 6.42. The summed E-state index contributed by atoms with van der Waals surface area (Å²) in [6.07, 6.45) is 0. The smallest absolute Gasteiger partial charge is 0.295 e. The number of aromatic nitrogens is 3. The van der Waals surface area contributed by atoms with Gasteiger partial charge in [-0.15, -0.1) is 5.10 Å². The average molecular weight is 488 g/mol. The number of halogens is 3. The van der Waals surface area contributed by atoms with Gasteiger partial charge in [-0.3, -0.25) is 4.79 Å². The molecule has 3 aromatic carbocycles. The predicted octanol–water partition coefficient (Wildman–Crippen LogP) is 6.55. The monoisotopic (exact) mass is 486 g/mol. The van der Waals surface area contributed by atoms with Crippen LogP contribution in [-0.2, 0) is 0 Å². The van der Waals surface area contributed by atoms with Gasteiger partial charge in [-0.05, 0) is 73.7 Å². The van der Waals surface area contributed by atoms with Crippen LogP contribution in [-0.4, -0.2) is 27.3 Å². The molecule has 0 saturated heterocycles. The lowest BCUT2D eigenvalue weighted by Gasteiger charge is -2.07. The summed E-state index contributed by atoms with van der Waals surface area (Å²) in [7, 11) is 0. The van der Waals surface area contributed by atoms with E-state index in [0.29, 0.717) is 38.9 Å². The lowest BCUT2D eigenvalue weighted by molar-refractivity contribution is 0.101. The van der Waals surface area contributed by atoms with Crippen LogP contribution in [0.1, 0.15) is 17.5 Å². The van der Waals surface area contributed by atoms with Crippen molar-refractivity contribution in [3.63, 3.8) is 0 Å². The van der Waals surface area contributed by atoms with Gasteiger partial charge in [-0.2, -0.15) is 0 Å². The third kappa shape index (κ3) is 4.88. The van der Waals surface area contributed by atoms with E-state index in [9.17, 15) is 4.79 Å². The number of hydrogen-bond acceptors (Lipinski definition) is 4. The Morgan fingerprint density at radius 2 is 1.69 bits per heavy atom. The zero-order valence-corrected chi connectivity index (χ0v) is 19.1. The Bertz CT molecular complexity index is 1260. The van der Waals surface area contributed by atoms with E-state index in [4.69, 9.17) is 39.5 Å². The van der Waals surface area contributed by atoms with Gasteiger partial charge in [-0.25, -0.2) is 9.67 Å². The number of benzene rings is 3. The molecule has 4 aromatic rings. The number of carbonyl (C=O) groups excluding carboxylic acids is 1. The van der Waals surface area contributed by atoms with Crippen molar-refractivity contribution in [2.24, 2.45) is 0 Å². The number of nitrogens with one attached hydrogen (secondary N) is 1. The first-order valence-electron chi connectivity index (χ1n) is 9.67. The van der Waals surface area contributed by atoms with Gasteiger partial charge < -0.3 is 10.1 Å². The van der Waals surface area contributed by atoms with E-state index in [1.165, 1.54) is 0 Å². The molecule has 0 aliphatic carbocycles. The summed E-state index contributed by atoms with van der Waals surface area (Å²) < 4.78 is 6.96. The summed E-state index contributed by atoms with van der Waals surface area (Å²) >= 11 is 18.3. The third-order valence-corrected chi connectivity index (χ3v) is 5.47. The maximum absolute atomic E-state index is 12.9. The van der Waals surface area contributed by atoms with Crippen molar-refractivity contribution in [3.8, 4) is 22.8 Å². The molecule has 0 aliphatic heterocycles. The molecule has 9 heteroatoms. The molecule has 1 aromatic heterocycles. The molecular weight excluding hydrogens is 471 g/mol. The summed E-state index contributed by atoms with van der Waals surface area (Å²) in [4.78, 5) is 17.4. The molecule has 1 amide bonds. The Morgan fingerprint density at radius 1 is 0.969 bits per heavy atom. The molecule has 162 valence electrons. The standard InChI is InChI=1S/C23H17Cl3N4O2/c1-2-32-18-10-7-16(8-11-18)27-23(31)21-28-22(14-3-5-15(24)6-4-14)30(29-21)17-9-12-19(25)20(26)13-17/h3-13H,2H2,1H3,(H,27,31). The lowest BCUT2D eigenvalue weighted by atomic mass is 10.2. The maximum Gasteiger partial charge on any atom is 0.295 e. The highest BCUT2D eigenvalue weighted by atomic mass is 35.5. The molecule has 0 bridgehead atoms. The highest BCUT2D eigenvalue weighted by Crippen LogP contribution is 2.28. The molecule has 1 heterocycles. The molecule has 0 aliphatic rings. The molecule has 0 atom stereocenters. The second kappa shape index (κ2) is 9.61. The molecule has 0 unspecified atom stereocenters. The topological polar surface area (TPSA) is 69.0 Å². The van der Waals surface area contributed by atoms with Gasteiger partial charge in [0, 0.05) is 16.3 Å². The van der Waals surface area contributed by atoms with Crippen molar-refractivity contribution >= 4 is 46.4 Å². The molecular formula is C23H17Cl3N4O2. The second-order valence-electron chi connectivity index (χ2n) is 6.69. The van der Waals surface area contributed by atoms with Crippen molar-refractivity contribution in [2.45, 2.75) is 6.92 Å². The number of carbonyl (C=O) groups is 1. The normalized spacial score (nSPS) is 10.8. The predicted molar refractivity (Wildman–Crippen MR) is 127 cm³/mol. The number of amides is 1. The Hall–Kier alpha value is -3.06. The zero-order chi connectivity index (χ0) is 22.7. The van der Waals surface area contributed by atoms with Crippen molar-refractivity contribution in [3.05, 3.63) is 87.6 Å². The van der Waals surface area contributed by atoms with E-state index in [-0.39, 0.29) is 5.82 Å². The molecule has 1 N–H and O–H groups in total.